The topological polar surface area (TPSA) is 78.7 Å². The highest BCUT2D eigenvalue weighted by atomic mass is 16.5. The van der Waals surface area contributed by atoms with E-state index in [-0.39, 0.29) is 17.3 Å². The molecule has 0 bridgehead atoms. The van der Waals surface area contributed by atoms with Crippen molar-refractivity contribution < 1.29 is 33.7 Å². The van der Waals surface area contributed by atoms with Crippen LogP contribution in [0, 0.1) is 0 Å². The second-order valence-electron chi connectivity index (χ2n) is 7.29. The highest BCUT2D eigenvalue weighted by Crippen LogP contribution is 2.39. The van der Waals surface area contributed by atoms with Crippen LogP contribution in [0.25, 0.3) is 6.08 Å². The Morgan fingerprint density at radius 3 is 2.32 bits per heavy atom. The van der Waals surface area contributed by atoms with Gasteiger partial charge in [-0.05, 0) is 42.8 Å². The number of Topliss-reactive ketones (excluding diaryl/α,β-unsaturated/α-hetero) is 1. The lowest BCUT2D eigenvalue weighted by Crippen LogP contribution is -3.11. The summed E-state index contributed by atoms with van der Waals surface area (Å²) in [4.78, 5) is 14.1. The van der Waals surface area contributed by atoms with E-state index >= 15 is 0 Å². The molecule has 2 N–H and O–H groups in total. The lowest BCUT2D eigenvalue weighted by molar-refractivity contribution is -0.914. The van der Waals surface area contributed by atoms with Crippen LogP contribution in [0.4, 0.5) is 0 Å². The number of hydrogen-bond donors (Lipinski definition) is 2. The van der Waals surface area contributed by atoms with E-state index < -0.39 is 0 Å². The Kier molecular flexibility index (Phi) is 8.06. The van der Waals surface area contributed by atoms with Crippen LogP contribution in [-0.4, -0.2) is 58.0 Å². The number of carbonyl (C=O) groups excluding carboxylic acids is 1. The van der Waals surface area contributed by atoms with Crippen LogP contribution >= 0.6 is 0 Å². The smallest absolute Gasteiger partial charge is 0.231 e. The third-order valence-electron chi connectivity index (χ3n) is 5.15. The largest absolute Gasteiger partial charge is 0.507 e. The number of phenols is 1. The fourth-order valence-electron chi connectivity index (χ4n) is 3.49. The number of carbonyl (C=O) groups is 1. The molecule has 0 fully saturated rings. The molecule has 0 unspecified atom stereocenters. The lowest BCUT2D eigenvalue weighted by Gasteiger charge is -2.20. The second kappa shape index (κ2) is 10.9. The van der Waals surface area contributed by atoms with E-state index in [1.54, 1.807) is 32.4 Å². The number of aromatic hydroxyl groups is 1. The number of ketones is 1. The molecule has 2 aromatic rings. The van der Waals surface area contributed by atoms with Gasteiger partial charge in [0.2, 0.25) is 5.78 Å². The number of fused-ring (bicyclic) bond motifs is 1. The molecule has 0 saturated heterocycles. The molecule has 0 radical (unpaired) electrons. The van der Waals surface area contributed by atoms with Gasteiger partial charge in [-0.15, -0.1) is 0 Å². The molecule has 31 heavy (non-hydrogen) atoms. The van der Waals surface area contributed by atoms with Crippen LogP contribution in [0.5, 0.6) is 17.2 Å². The molecular weight excluding hydrogens is 398 g/mol. The number of ether oxygens (including phenoxy) is 4. The molecule has 0 atom stereocenters. The van der Waals surface area contributed by atoms with Crippen LogP contribution in [-0.2, 0) is 16.0 Å². The Hall–Kier alpha value is -2.87. The Morgan fingerprint density at radius 2 is 1.71 bits per heavy atom. The van der Waals surface area contributed by atoms with Gasteiger partial charge in [-0.25, -0.2) is 0 Å². The van der Waals surface area contributed by atoms with Crippen LogP contribution in [0.15, 0.2) is 42.2 Å². The zero-order valence-corrected chi connectivity index (χ0v) is 18.3. The van der Waals surface area contributed by atoms with E-state index in [0.29, 0.717) is 43.2 Å². The molecule has 7 heteroatoms. The maximum absolute atomic E-state index is 12.9. The van der Waals surface area contributed by atoms with Gasteiger partial charge < -0.3 is 29.0 Å². The lowest BCUT2D eigenvalue weighted by atomic mass is 10.0. The summed E-state index contributed by atoms with van der Waals surface area (Å²) in [6.45, 7) is 5.66. The number of phenolic OH excluding ortho intramolecular Hbond substituents is 1. The van der Waals surface area contributed by atoms with Crippen LogP contribution in [0.3, 0.4) is 0 Å². The standard InChI is InChI=1S/C24H29NO6/c1-4-30-18-7-5-17(6-8-18)15-22-23(27)19-9-10-21(26)20(24(19)31-22)16-25(11-13-28-2)12-14-29-3/h5-10,15,26H,4,11-14,16H2,1-3H3/p+1/b22-15-. The molecular formula is C24H30NO6+. The van der Waals surface area contributed by atoms with Crippen molar-refractivity contribution in [3.63, 3.8) is 0 Å². The summed E-state index contributed by atoms with van der Waals surface area (Å²) < 4.78 is 21.8. The number of rotatable bonds is 11. The van der Waals surface area contributed by atoms with Gasteiger partial charge in [-0.2, -0.15) is 0 Å². The van der Waals surface area contributed by atoms with Crippen molar-refractivity contribution in [2.24, 2.45) is 0 Å². The van der Waals surface area contributed by atoms with Gasteiger partial charge in [0.1, 0.15) is 31.1 Å². The maximum atomic E-state index is 12.9. The van der Waals surface area contributed by atoms with Crippen LogP contribution < -0.4 is 14.4 Å². The zero-order valence-electron chi connectivity index (χ0n) is 18.3. The molecule has 3 rings (SSSR count). The minimum absolute atomic E-state index is 0.112. The van der Waals surface area contributed by atoms with Crippen molar-refractivity contribution in [1.82, 2.24) is 0 Å². The van der Waals surface area contributed by atoms with Crippen molar-refractivity contribution in [2.45, 2.75) is 13.5 Å². The van der Waals surface area contributed by atoms with Gasteiger partial charge in [0.15, 0.2) is 11.5 Å². The number of quaternary nitrogens is 1. The van der Waals surface area contributed by atoms with Gasteiger partial charge in [-0.3, -0.25) is 4.79 Å². The van der Waals surface area contributed by atoms with E-state index in [1.807, 2.05) is 31.2 Å². The first-order valence-corrected chi connectivity index (χ1v) is 10.4. The van der Waals surface area contributed by atoms with Crippen molar-refractivity contribution >= 4 is 11.9 Å². The quantitative estimate of drug-likeness (QED) is 0.534. The number of hydrogen-bond acceptors (Lipinski definition) is 6. The monoisotopic (exact) mass is 428 g/mol. The highest BCUT2D eigenvalue weighted by Gasteiger charge is 2.32. The molecule has 0 amide bonds. The van der Waals surface area contributed by atoms with E-state index in [4.69, 9.17) is 18.9 Å². The summed E-state index contributed by atoms with van der Waals surface area (Å²) in [5.74, 6) is 1.35. The first kappa shape index (κ1) is 22.8. The fraction of sp³-hybridized carbons (Fsp3) is 0.375. The molecule has 0 saturated carbocycles. The summed E-state index contributed by atoms with van der Waals surface area (Å²) >= 11 is 0. The van der Waals surface area contributed by atoms with Gasteiger partial charge in [0.05, 0.1) is 30.9 Å². The molecule has 0 aliphatic carbocycles. The predicted molar refractivity (Wildman–Crippen MR) is 117 cm³/mol. The molecule has 0 spiro atoms. The fourth-order valence-corrected chi connectivity index (χ4v) is 3.49. The predicted octanol–water partition coefficient (Wildman–Crippen LogP) is 2.08. The molecule has 1 aliphatic rings. The summed E-state index contributed by atoms with van der Waals surface area (Å²) in [5.41, 5.74) is 1.91. The van der Waals surface area contributed by atoms with Crippen molar-refractivity contribution in [3.05, 3.63) is 58.8 Å². The van der Waals surface area contributed by atoms with Crippen molar-refractivity contribution in [3.8, 4) is 17.2 Å². The average Bonchev–Trinajstić information content (AvgIpc) is 3.08. The Balaban J connectivity index is 1.84. The summed E-state index contributed by atoms with van der Waals surface area (Å²) in [7, 11) is 3.32. The number of nitrogens with one attached hydrogen (secondary N) is 1. The molecule has 7 nitrogen and oxygen atoms in total. The molecule has 0 aromatic heterocycles. The maximum Gasteiger partial charge on any atom is 0.231 e. The van der Waals surface area contributed by atoms with Gasteiger partial charge >= 0.3 is 0 Å². The van der Waals surface area contributed by atoms with E-state index in [1.165, 1.54) is 0 Å². The molecule has 2 aromatic carbocycles. The number of allylic oxidation sites excluding steroid dienone is 1. The number of methoxy groups -OCH3 is 2. The minimum Gasteiger partial charge on any atom is -0.507 e. The SMILES string of the molecule is CCOc1ccc(/C=C2\Oc3c(ccc(O)c3C[NH+](CCOC)CCOC)C2=O)cc1. The van der Waals surface area contributed by atoms with E-state index in [9.17, 15) is 9.90 Å². The van der Waals surface area contributed by atoms with Crippen molar-refractivity contribution in [2.75, 3.05) is 47.1 Å². The first-order valence-electron chi connectivity index (χ1n) is 10.4. The zero-order chi connectivity index (χ0) is 22.2. The summed E-state index contributed by atoms with van der Waals surface area (Å²) in [6, 6.07) is 10.6. The van der Waals surface area contributed by atoms with Crippen LogP contribution in [0.2, 0.25) is 0 Å². The van der Waals surface area contributed by atoms with Crippen molar-refractivity contribution in [1.29, 1.82) is 0 Å². The third kappa shape index (κ3) is 5.64. The Labute approximate surface area is 182 Å². The van der Waals surface area contributed by atoms with Gasteiger partial charge in [0, 0.05) is 14.2 Å². The third-order valence-corrected chi connectivity index (χ3v) is 5.15. The van der Waals surface area contributed by atoms with Gasteiger partial charge in [0.25, 0.3) is 0 Å². The average molecular weight is 429 g/mol. The van der Waals surface area contributed by atoms with E-state index in [0.717, 1.165) is 29.3 Å². The first-order chi connectivity index (χ1) is 15.1. The summed E-state index contributed by atoms with van der Waals surface area (Å²) in [6.07, 6.45) is 1.71. The minimum atomic E-state index is -0.194. The Morgan fingerprint density at radius 1 is 1.03 bits per heavy atom. The molecule has 166 valence electrons. The second-order valence-corrected chi connectivity index (χ2v) is 7.29. The normalized spacial score (nSPS) is 14.2. The Bertz CT molecular complexity index is 914. The number of benzene rings is 2. The molecule has 1 heterocycles. The summed E-state index contributed by atoms with van der Waals surface area (Å²) in [5, 5.41) is 10.5. The van der Waals surface area contributed by atoms with E-state index in [2.05, 4.69) is 0 Å². The van der Waals surface area contributed by atoms with Gasteiger partial charge in [-0.1, -0.05) is 12.1 Å². The van der Waals surface area contributed by atoms with Crippen LogP contribution in [0.1, 0.15) is 28.4 Å². The molecule has 1 aliphatic heterocycles. The highest BCUT2D eigenvalue weighted by molar-refractivity contribution is 6.14.